The number of hydrogen-bond donors (Lipinski definition) is 0. The minimum Gasteiger partial charge on any atom is -0.497 e. The highest BCUT2D eigenvalue weighted by Crippen LogP contribution is 2.22. The smallest absolute Gasteiger partial charge is 0.119 e. The molecule has 0 spiro atoms. The molecule has 0 fully saturated rings. The van der Waals surface area contributed by atoms with Gasteiger partial charge in [-0.05, 0) is 42.7 Å². The normalized spacial score (nSPS) is 10.0. The van der Waals surface area contributed by atoms with E-state index in [2.05, 4.69) is 0 Å². The van der Waals surface area contributed by atoms with Gasteiger partial charge in [0.25, 0.3) is 0 Å². The van der Waals surface area contributed by atoms with Gasteiger partial charge in [0.15, 0.2) is 0 Å². The summed E-state index contributed by atoms with van der Waals surface area (Å²) in [5.74, 6) is 1.47. The third-order valence-electron chi connectivity index (χ3n) is 2.04. The minimum atomic E-state index is 0.571. The number of hydrogen-bond acceptors (Lipinski definition) is 1. The number of ether oxygens (including phenoxy) is 1. The standard InChI is InChI=1S/C10H13ClO/c1-7-4-9(12-3)5-8(2)10(7)6-11/h4-5H,6H2,1-3H3. The molecule has 1 aromatic carbocycles. The van der Waals surface area contributed by atoms with Crippen LogP contribution in [0.2, 0.25) is 0 Å². The minimum absolute atomic E-state index is 0.571. The second-order valence-electron chi connectivity index (χ2n) is 2.87. The summed E-state index contributed by atoms with van der Waals surface area (Å²) >= 11 is 5.79. The van der Waals surface area contributed by atoms with E-state index in [4.69, 9.17) is 16.3 Å². The second-order valence-corrected chi connectivity index (χ2v) is 3.14. The molecule has 12 heavy (non-hydrogen) atoms. The number of aryl methyl sites for hydroxylation is 2. The lowest BCUT2D eigenvalue weighted by molar-refractivity contribution is 0.414. The quantitative estimate of drug-likeness (QED) is 0.642. The van der Waals surface area contributed by atoms with Crippen molar-refractivity contribution in [3.8, 4) is 5.75 Å². The van der Waals surface area contributed by atoms with Crippen LogP contribution in [0.15, 0.2) is 12.1 Å². The third kappa shape index (κ3) is 1.72. The number of benzene rings is 1. The Morgan fingerprint density at radius 1 is 1.25 bits per heavy atom. The van der Waals surface area contributed by atoms with Crippen LogP contribution in [0.1, 0.15) is 16.7 Å². The summed E-state index contributed by atoms with van der Waals surface area (Å²) in [5, 5.41) is 0. The Hall–Kier alpha value is -0.690. The van der Waals surface area contributed by atoms with Gasteiger partial charge in [0.05, 0.1) is 7.11 Å². The fourth-order valence-electron chi connectivity index (χ4n) is 1.28. The maximum atomic E-state index is 5.79. The Morgan fingerprint density at radius 2 is 1.75 bits per heavy atom. The Bertz CT molecular complexity index is 258. The van der Waals surface area contributed by atoms with Crippen molar-refractivity contribution in [2.45, 2.75) is 19.7 Å². The van der Waals surface area contributed by atoms with Crippen LogP contribution < -0.4 is 4.74 Å². The Labute approximate surface area is 78.3 Å². The van der Waals surface area contributed by atoms with E-state index in [0.29, 0.717) is 5.88 Å². The predicted molar refractivity (Wildman–Crippen MR) is 52.0 cm³/mol. The first kappa shape index (κ1) is 9.40. The molecule has 0 saturated carbocycles. The summed E-state index contributed by atoms with van der Waals surface area (Å²) in [5.41, 5.74) is 3.60. The van der Waals surface area contributed by atoms with Crippen molar-refractivity contribution in [2.24, 2.45) is 0 Å². The molecule has 0 bridgehead atoms. The van der Waals surface area contributed by atoms with E-state index in [1.807, 2.05) is 26.0 Å². The largest absolute Gasteiger partial charge is 0.497 e. The fraction of sp³-hybridized carbons (Fsp3) is 0.400. The van der Waals surface area contributed by atoms with Crippen molar-refractivity contribution < 1.29 is 4.74 Å². The lowest BCUT2D eigenvalue weighted by atomic mass is 10.0. The van der Waals surface area contributed by atoms with E-state index in [-0.39, 0.29) is 0 Å². The van der Waals surface area contributed by atoms with Gasteiger partial charge in [-0.1, -0.05) is 0 Å². The zero-order chi connectivity index (χ0) is 9.14. The van der Waals surface area contributed by atoms with Crippen LogP contribution >= 0.6 is 11.6 Å². The van der Waals surface area contributed by atoms with Crippen LogP contribution in [-0.4, -0.2) is 7.11 Å². The molecule has 0 radical (unpaired) electrons. The van der Waals surface area contributed by atoms with Gasteiger partial charge in [0, 0.05) is 5.88 Å². The zero-order valence-electron chi connectivity index (χ0n) is 7.65. The van der Waals surface area contributed by atoms with Crippen molar-refractivity contribution in [3.05, 3.63) is 28.8 Å². The molecule has 0 aliphatic heterocycles. The highest BCUT2D eigenvalue weighted by atomic mass is 35.5. The summed E-state index contributed by atoms with van der Waals surface area (Å²) < 4.78 is 5.13. The van der Waals surface area contributed by atoms with E-state index >= 15 is 0 Å². The number of rotatable bonds is 2. The van der Waals surface area contributed by atoms with Crippen LogP contribution in [0.5, 0.6) is 5.75 Å². The fourth-order valence-corrected chi connectivity index (χ4v) is 1.70. The molecule has 0 aliphatic carbocycles. The third-order valence-corrected chi connectivity index (χ3v) is 2.31. The van der Waals surface area contributed by atoms with E-state index in [1.165, 1.54) is 16.7 Å². The summed E-state index contributed by atoms with van der Waals surface area (Å²) in [6, 6.07) is 4.01. The average Bonchev–Trinajstić information content (AvgIpc) is 2.03. The topological polar surface area (TPSA) is 9.23 Å². The van der Waals surface area contributed by atoms with Crippen molar-refractivity contribution in [3.63, 3.8) is 0 Å². The molecular weight excluding hydrogens is 172 g/mol. The van der Waals surface area contributed by atoms with E-state index in [9.17, 15) is 0 Å². The van der Waals surface area contributed by atoms with Crippen molar-refractivity contribution >= 4 is 11.6 Å². The lowest BCUT2D eigenvalue weighted by Crippen LogP contribution is -1.92. The molecule has 0 N–H and O–H groups in total. The number of halogens is 1. The van der Waals surface area contributed by atoms with Gasteiger partial charge >= 0.3 is 0 Å². The van der Waals surface area contributed by atoms with Gasteiger partial charge in [-0.2, -0.15) is 0 Å². The highest BCUT2D eigenvalue weighted by molar-refractivity contribution is 6.17. The zero-order valence-corrected chi connectivity index (χ0v) is 8.40. The molecular formula is C10H13ClO. The summed E-state index contributed by atoms with van der Waals surface area (Å²) in [6.07, 6.45) is 0. The van der Waals surface area contributed by atoms with E-state index in [1.54, 1.807) is 7.11 Å². The van der Waals surface area contributed by atoms with Gasteiger partial charge in [-0.3, -0.25) is 0 Å². The van der Waals surface area contributed by atoms with E-state index < -0.39 is 0 Å². The number of methoxy groups -OCH3 is 1. The Morgan fingerprint density at radius 3 is 2.08 bits per heavy atom. The molecule has 66 valence electrons. The van der Waals surface area contributed by atoms with Crippen LogP contribution in [0.4, 0.5) is 0 Å². The molecule has 0 amide bonds. The molecule has 2 heteroatoms. The van der Waals surface area contributed by atoms with Gasteiger partial charge in [0.2, 0.25) is 0 Å². The molecule has 0 unspecified atom stereocenters. The first-order chi connectivity index (χ1) is 5.69. The Kier molecular flexibility index (Phi) is 2.99. The SMILES string of the molecule is COc1cc(C)c(CCl)c(C)c1. The predicted octanol–water partition coefficient (Wildman–Crippen LogP) is 3.05. The molecule has 0 aromatic heterocycles. The van der Waals surface area contributed by atoms with Gasteiger partial charge in [-0.25, -0.2) is 0 Å². The molecule has 0 aliphatic rings. The number of alkyl halides is 1. The van der Waals surface area contributed by atoms with Gasteiger partial charge in [-0.15, -0.1) is 11.6 Å². The van der Waals surface area contributed by atoms with Crippen LogP contribution in [0.3, 0.4) is 0 Å². The summed E-state index contributed by atoms with van der Waals surface area (Å²) in [6.45, 7) is 4.10. The van der Waals surface area contributed by atoms with Gasteiger partial charge in [0.1, 0.15) is 5.75 Å². The first-order valence-corrected chi connectivity index (χ1v) is 4.42. The van der Waals surface area contributed by atoms with Gasteiger partial charge < -0.3 is 4.74 Å². The van der Waals surface area contributed by atoms with Crippen LogP contribution in [0, 0.1) is 13.8 Å². The lowest BCUT2D eigenvalue weighted by Gasteiger charge is -2.08. The highest BCUT2D eigenvalue weighted by Gasteiger charge is 2.03. The summed E-state index contributed by atoms with van der Waals surface area (Å²) in [7, 11) is 1.68. The summed E-state index contributed by atoms with van der Waals surface area (Å²) in [4.78, 5) is 0. The average molecular weight is 185 g/mol. The molecule has 1 rings (SSSR count). The maximum Gasteiger partial charge on any atom is 0.119 e. The second kappa shape index (κ2) is 3.81. The molecule has 1 aromatic rings. The maximum absolute atomic E-state index is 5.79. The first-order valence-electron chi connectivity index (χ1n) is 3.89. The molecule has 0 saturated heterocycles. The monoisotopic (exact) mass is 184 g/mol. The molecule has 0 atom stereocenters. The Balaban J connectivity index is 3.18. The molecule has 1 nitrogen and oxygen atoms in total. The van der Waals surface area contributed by atoms with Crippen LogP contribution in [0.25, 0.3) is 0 Å². The van der Waals surface area contributed by atoms with Crippen molar-refractivity contribution in [1.29, 1.82) is 0 Å². The molecule has 0 heterocycles. The van der Waals surface area contributed by atoms with Crippen molar-refractivity contribution in [1.82, 2.24) is 0 Å². The van der Waals surface area contributed by atoms with Crippen molar-refractivity contribution in [2.75, 3.05) is 7.11 Å². The van der Waals surface area contributed by atoms with E-state index in [0.717, 1.165) is 5.75 Å². The van der Waals surface area contributed by atoms with Crippen LogP contribution in [-0.2, 0) is 5.88 Å².